The molecule has 0 heterocycles. The van der Waals surface area contributed by atoms with E-state index in [0.29, 0.717) is 51.5 Å². The molecule has 0 radical (unpaired) electrons. The van der Waals surface area contributed by atoms with E-state index in [1.165, 1.54) is 0 Å². The van der Waals surface area contributed by atoms with Gasteiger partial charge < -0.3 is 25.4 Å². The lowest BCUT2D eigenvalue weighted by atomic mass is 10.2. The Bertz CT molecular complexity index is 386. The van der Waals surface area contributed by atoms with E-state index >= 15 is 0 Å². The molecule has 0 fully saturated rings. The van der Waals surface area contributed by atoms with Crippen LogP contribution in [0.1, 0.15) is 19.8 Å². The van der Waals surface area contributed by atoms with Crippen LogP contribution in [0.5, 0.6) is 0 Å². The van der Waals surface area contributed by atoms with Crippen molar-refractivity contribution >= 4 is 11.8 Å². The molecule has 0 aliphatic rings. The summed E-state index contributed by atoms with van der Waals surface area (Å²) < 4.78 is 10.7. The first-order chi connectivity index (χ1) is 11.6. The third kappa shape index (κ3) is 13.9. The van der Waals surface area contributed by atoms with Gasteiger partial charge in [0.05, 0.1) is 26.4 Å². The highest BCUT2D eigenvalue weighted by Crippen LogP contribution is 1.94. The Labute approximate surface area is 144 Å². The maximum Gasteiger partial charge on any atom is 0.246 e. The van der Waals surface area contributed by atoms with Gasteiger partial charge in [0.25, 0.3) is 0 Å². The van der Waals surface area contributed by atoms with E-state index < -0.39 is 0 Å². The van der Waals surface area contributed by atoms with E-state index in [1.807, 2.05) is 6.92 Å². The van der Waals surface area contributed by atoms with Gasteiger partial charge in [-0.05, 0) is 6.42 Å². The Hall–Kier alpha value is -1.70. The second-order valence-electron chi connectivity index (χ2n) is 5.03. The lowest BCUT2D eigenvalue weighted by molar-refractivity contribution is -0.122. The number of ether oxygens (including phenoxy) is 2. The van der Waals surface area contributed by atoms with E-state index in [0.717, 1.165) is 13.1 Å². The number of nitrogens with one attached hydrogen (secondary N) is 3. The Morgan fingerprint density at radius 2 is 1.67 bits per heavy atom. The van der Waals surface area contributed by atoms with Gasteiger partial charge in [0.15, 0.2) is 0 Å². The standard InChI is InChI=1S/C17H31N3O4/c1-4-7-18-10-12-24-14-13-23-11-6-16(21)19-8-9-20-17(22)15(3)5-2/h4,18H,1,3,5-14H2,2H3,(H,19,21)(H,20,22). The second kappa shape index (κ2) is 16.2. The van der Waals surface area contributed by atoms with Crippen molar-refractivity contribution in [3.63, 3.8) is 0 Å². The Morgan fingerprint density at radius 3 is 2.33 bits per heavy atom. The molecule has 0 spiro atoms. The number of amides is 2. The lowest BCUT2D eigenvalue weighted by Crippen LogP contribution is -2.35. The van der Waals surface area contributed by atoms with Gasteiger partial charge in [0.2, 0.25) is 11.8 Å². The summed E-state index contributed by atoms with van der Waals surface area (Å²) >= 11 is 0. The van der Waals surface area contributed by atoms with Crippen LogP contribution in [-0.2, 0) is 19.1 Å². The molecule has 0 aliphatic heterocycles. The molecule has 0 aromatic heterocycles. The fourth-order valence-electron chi connectivity index (χ4n) is 1.59. The summed E-state index contributed by atoms with van der Waals surface area (Å²) in [6.45, 7) is 13.4. The van der Waals surface area contributed by atoms with Crippen molar-refractivity contribution in [2.45, 2.75) is 19.8 Å². The molecule has 0 aliphatic carbocycles. The highest BCUT2D eigenvalue weighted by molar-refractivity contribution is 5.92. The summed E-state index contributed by atoms with van der Waals surface area (Å²) in [6.07, 6.45) is 2.70. The van der Waals surface area contributed by atoms with E-state index in [9.17, 15) is 9.59 Å². The largest absolute Gasteiger partial charge is 0.379 e. The lowest BCUT2D eigenvalue weighted by Gasteiger charge is -2.08. The van der Waals surface area contributed by atoms with Crippen LogP contribution in [0.25, 0.3) is 0 Å². The van der Waals surface area contributed by atoms with Crippen LogP contribution in [0.3, 0.4) is 0 Å². The van der Waals surface area contributed by atoms with Crippen LogP contribution >= 0.6 is 0 Å². The van der Waals surface area contributed by atoms with Crippen LogP contribution < -0.4 is 16.0 Å². The minimum atomic E-state index is -0.172. The summed E-state index contributed by atoms with van der Waals surface area (Å²) in [5, 5.41) is 8.53. The highest BCUT2D eigenvalue weighted by Gasteiger charge is 2.04. The van der Waals surface area contributed by atoms with Gasteiger partial charge in [-0.25, -0.2) is 0 Å². The predicted molar refractivity (Wildman–Crippen MR) is 94.8 cm³/mol. The molecule has 3 N–H and O–H groups in total. The monoisotopic (exact) mass is 341 g/mol. The zero-order chi connectivity index (χ0) is 18.0. The molecule has 0 bridgehead atoms. The molecule has 24 heavy (non-hydrogen) atoms. The predicted octanol–water partition coefficient (Wildman–Crippen LogP) is 0.384. The quantitative estimate of drug-likeness (QED) is 0.215. The number of carbonyl (C=O) groups is 2. The molecule has 7 nitrogen and oxygen atoms in total. The minimum Gasteiger partial charge on any atom is -0.379 e. The maximum absolute atomic E-state index is 11.5. The Kier molecular flexibility index (Phi) is 15.0. The second-order valence-corrected chi connectivity index (χ2v) is 5.03. The van der Waals surface area contributed by atoms with Crippen molar-refractivity contribution in [2.75, 3.05) is 52.6 Å². The average molecular weight is 341 g/mol. The molecule has 0 saturated carbocycles. The van der Waals surface area contributed by atoms with Crippen molar-refractivity contribution in [3.8, 4) is 0 Å². The molecule has 2 amide bonds. The summed E-state index contributed by atoms with van der Waals surface area (Å²) in [7, 11) is 0. The average Bonchev–Trinajstić information content (AvgIpc) is 2.59. The Morgan fingerprint density at radius 1 is 1.00 bits per heavy atom. The molecular formula is C17H31N3O4. The fourth-order valence-corrected chi connectivity index (χ4v) is 1.59. The molecule has 7 heteroatoms. The SMILES string of the molecule is C=CCNCCOCCOCCC(=O)NCCNC(=O)C(=C)CC. The first-order valence-corrected chi connectivity index (χ1v) is 8.31. The van der Waals surface area contributed by atoms with E-state index in [1.54, 1.807) is 6.08 Å². The summed E-state index contributed by atoms with van der Waals surface area (Å²) in [5.41, 5.74) is 0.536. The summed E-state index contributed by atoms with van der Waals surface area (Å²) in [6, 6.07) is 0. The molecule has 0 unspecified atom stereocenters. The van der Waals surface area contributed by atoms with Crippen molar-refractivity contribution < 1.29 is 19.1 Å². The minimum absolute atomic E-state index is 0.104. The highest BCUT2D eigenvalue weighted by atomic mass is 16.5. The third-order valence-corrected chi connectivity index (χ3v) is 3.04. The normalized spacial score (nSPS) is 10.2. The molecule has 0 aromatic rings. The van der Waals surface area contributed by atoms with Crippen LogP contribution in [0.4, 0.5) is 0 Å². The van der Waals surface area contributed by atoms with Crippen molar-refractivity contribution in [1.29, 1.82) is 0 Å². The zero-order valence-corrected chi connectivity index (χ0v) is 14.7. The summed E-state index contributed by atoms with van der Waals surface area (Å²) in [5.74, 6) is -0.275. The van der Waals surface area contributed by atoms with E-state index in [2.05, 4.69) is 29.1 Å². The van der Waals surface area contributed by atoms with Crippen LogP contribution in [0.15, 0.2) is 24.8 Å². The molecule has 0 rings (SSSR count). The topological polar surface area (TPSA) is 88.7 Å². The van der Waals surface area contributed by atoms with Crippen LogP contribution in [0, 0.1) is 0 Å². The van der Waals surface area contributed by atoms with Gasteiger partial charge in [-0.1, -0.05) is 19.6 Å². The molecule has 0 atom stereocenters. The van der Waals surface area contributed by atoms with Crippen LogP contribution in [0.2, 0.25) is 0 Å². The van der Waals surface area contributed by atoms with Gasteiger partial charge in [-0.3, -0.25) is 9.59 Å². The van der Waals surface area contributed by atoms with Crippen molar-refractivity contribution in [3.05, 3.63) is 24.8 Å². The summed E-state index contributed by atoms with van der Waals surface area (Å²) in [4.78, 5) is 23.0. The first-order valence-electron chi connectivity index (χ1n) is 8.31. The molecule has 0 saturated heterocycles. The number of rotatable bonds is 16. The van der Waals surface area contributed by atoms with Gasteiger partial charge >= 0.3 is 0 Å². The number of hydrogen-bond acceptors (Lipinski definition) is 5. The fraction of sp³-hybridized carbons (Fsp3) is 0.647. The van der Waals surface area contributed by atoms with E-state index in [-0.39, 0.29) is 18.2 Å². The van der Waals surface area contributed by atoms with Gasteiger partial charge in [0.1, 0.15) is 0 Å². The first kappa shape index (κ1) is 22.3. The van der Waals surface area contributed by atoms with Gasteiger partial charge in [-0.15, -0.1) is 6.58 Å². The van der Waals surface area contributed by atoms with Crippen molar-refractivity contribution in [2.24, 2.45) is 0 Å². The molecule has 138 valence electrons. The Balaban J connectivity index is 3.34. The maximum atomic E-state index is 11.5. The van der Waals surface area contributed by atoms with Gasteiger partial charge in [0, 0.05) is 38.2 Å². The number of hydrogen-bond donors (Lipinski definition) is 3. The van der Waals surface area contributed by atoms with Crippen LogP contribution in [-0.4, -0.2) is 64.4 Å². The zero-order valence-electron chi connectivity index (χ0n) is 14.7. The van der Waals surface area contributed by atoms with E-state index in [4.69, 9.17) is 9.47 Å². The third-order valence-electron chi connectivity index (χ3n) is 3.04. The van der Waals surface area contributed by atoms with Crippen molar-refractivity contribution in [1.82, 2.24) is 16.0 Å². The smallest absolute Gasteiger partial charge is 0.246 e. The molecule has 0 aromatic carbocycles. The number of carbonyl (C=O) groups excluding carboxylic acids is 2. The van der Waals surface area contributed by atoms with Gasteiger partial charge in [-0.2, -0.15) is 0 Å². The molecular weight excluding hydrogens is 310 g/mol.